The molecule has 0 amide bonds. The maximum absolute atomic E-state index is 13.6. The topological polar surface area (TPSA) is 43.3 Å². The van der Waals surface area contributed by atoms with Crippen LogP contribution in [0.1, 0.15) is 18.0 Å². The molecule has 0 saturated carbocycles. The van der Waals surface area contributed by atoms with E-state index in [1.165, 1.54) is 18.2 Å². The minimum Gasteiger partial charge on any atom is -0.432 e. The highest BCUT2D eigenvalue weighted by atomic mass is 19.3. The lowest BCUT2D eigenvalue weighted by Crippen LogP contribution is -2.44. The number of nitrogens with zero attached hydrogens (tertiary/aromatic N) is 1. The van der Waals surface area contributed by atoms with Crippen molar-refractivity contribution >= 4 is 0 Å². The highest BCUT2D eigenvalue weighted by Gasteiger charge is 2.31. The second-order valence-electron chi connectivity index (χ2n) is 6.60. The molecule has 1 N–H and O–H groups in total. The van der Waals surface area contributed by atoms with Gasteiger partial charge in [0.1, 0.15) is 0 Å². The summed E-state index contributed by atoms with van der Waals surface area (Å²) in [6.45, 7) is -0.704. The molecule has 4 rings (SSSR count). The lowest BCUT2D eigenvalue weighted by Gasteiger charge is -2.37. The Bertz CT molecular complexity index is 866. The summed E-state index contributed by atoms with van der Waals surface area (Å²) in [5.41, 5.74) is 1.87. The normalized spacial score (nSPS) is 21.9. The highest BCUT2D eigenvalue weighted by molar-refractivity contribution is 5.65. The van der Waals surface area contributed by atoms with Crippen molar-refractivity contribution in [3.63, 3.8) is 0 Å². The van der Waals surface area contributed by atoms with Gasteiger partial charge in [0.2, 0.25) is 0 Å². The molecule has 0 aliphatic carbocycles. The summed E-state index contributed by atoms with van der Waals surface area (Å²) in [5.74, 6) is -0.688. The Balaban J connectivity index is 1.77. The summed E-state index contributed by atoms with van der Waals surface area (Å²) in [5, 5.41) is 3.38. The summed E-state index contributed by atoms with van der Waals surface area (Å²) in [7, 11) is 0. The summed E-state index contributed by atoms with van der Waals surface area (Å²) < 4.78 is 44.5. The Morgan fingerprint density at radius 3 is 2.80 bits per heavy atom. The number of pyridine rings is 1. The van der Waals surface area contributed by atoms with Gasteiger partial charge in [0, 0.05) is 30.8 Å². The Morgan fingerprint density at radius 2 is 2.00 bits per heavy atom. The third kappa shape index (κ3) is 3.04. The number of nitrogens with one attached hydrogen (secondary N) is 1. The van der Waals surface area contributed by atoms with E-state index < -0.39 is 18.2 Å². The summed E-state index contributed by atoms with van der Waals surface area (Å²) in [6, 6.07) is 7.11. The molecule has 1 aromatic carbocycles. The molecule has 0 unspecified atom stereocenters. The van der Waals surface area contributed by atoms with Crippen molar-refractivity contribution in [2.24, 2.45) is 5.92 Å². The van der Waals surface area contributed by atoms with Crippen LogP contribution in [0, 0.1) is 11.7 Å². The fourth-order valence-electron chi connectivity index (χ4n) is 3.84. The summed E-state index contributed by atoms with van der Waals surface area (Å²) >= 11 is 0. The third-order valence-corrected chi connectivity index (χ3v) is 4.94. The number of rotatable bonds is 3. The van der Waals surface area contributed by atoms with E-state index in [4.69, 9.17) is 0 Å². The van der Waals surface area contributed by atoms with Crippen molar-refractivity contribution in [3.8, 4) is 16.9 Å². The molecule has 0 radical (unpaired) electrons. The molecule has 2 aliphatic rings. The number of hydrogen-bond donors (Lipinski definition) is 1. The van der Waals surface area contributed by atoms with E-state index in [-0.39, 0.29) is 11.5 Å². The fraction of sp³-hybridized carbons (Fsp3) is 0.389. The van der Waals surface area contributed by atoms with E-state index in [2.05, 4.69) is 10.1 Å². The Kier molecular flexibility index (Phi) is 4.03. The van der Waals surface area contributed by atoms with Gasteiger partial charge < -0.3 is 14.6 Å². The van der Waals surface area contributed by atoms with E-state index in [9.17, 15) is 18.0 Å². The molecule has 0 spiro atoms. The van der Waals surface area contributed by atoms with Crippen molar-refractivity contribution in [2.45, 2.75) is 25.5 Å². The van der Waals surface area contributed by atoms with Crippen LogP contribution in [0.15, 0.2) is 35.1 Å². The number of alkyl halides is 2. The largest absolute Gasteiger partial charge is 0.432 e. The molecule has 7 heteroatoms. The van der Waals surface area contributed by atoms with Crippen molar-refractivity contribution in [1.29, 1.82) is 0 Å². The van der Waals surface area contributed by atoms with Gasteiger partial charge in [0.05, 0.1) is 0 Å². The Hall–Kier alpha value is -2.28. The molecule has 4 nitrogen and oxygen atoms in total. The number of ether oxygens (including phenoxy) is 1. The van der Waals surface area contributed by atoms with Crippen molar-refractivity contribution in [1.82, 2.24) is 9.88 Å². The second-order valence-corrected chi connectivity index (χ2v) is 6.60. The predicted molar refractivity (Wildman–Crippen MR) is 86.4 cm³/mol. The van der Waals surface area contributed by atoms with Gasteiger partial charge in [-0.25, -0.2) is 4.39 Å². The van der Waals surface area contributed by atoms with Crippen molar-refractivity contribution in [3.05, 3.63) is 52.2 Å². The van der Waals surface area contributed by atoms with Crippen LogP contribution >= 0.6 is 0 Å². The molecular formula is C18H17F3N2O2. The Morgan fingerprint density at radius 1 is 1.16 bits per heavy atom. The number of benzene rings is 1. The van der Waals surface area contributed by atoms with Crippen molar-refractivity contribution in [2.75, 3.05) is 13.1 Å². The first kappa shape index (κ1) is 16.2. The zero-order valence-electron chi connectivity index (χ0n) is 13.3. The molecule has 1 aromatic heterocycles. The minimum atomic E-state index is -3.11. The molecule has 3 heterocycles. The lowest BCUT2D eigenvalue weighted by molar-refractivity contribution is -0.0521. The molecule has 2 bridgehead atoms. The van der Waals surface area contributed by atoms with E-state index in [0.29, 0.717) is 23.6 Å². The van der Waals surface area contributed by atoms with Gasteiger partial charge in [-0.15, -0.1) is 0 Å². The van der Waals surface area contributed by atoms with Gasteiger partial charge in [0.25, 0.3) is 5.56 Å². The lowest BCUT2D eigenvalue weighted by atomic mass is 9.83. The standard InChI is InChI=1S/C18H17F3N2O2/c19-14-2-1-11(5-16(14)25-18(20)21)12-4-15-13-3-10(7-22-8-13)9-23(15)17(24)6-12/h1-2,4-6,10,13,18,22H,3,7-9H2/t10-,13+/m0/s1. The summed E-state index contributed by atoms with van der Waals surface area (Å²) in [4.78, 5) is 12.5. The number of piperidine rings is 1. The maximum atomic E-state index is 13.6. The number of hydrogen-bond acceptors (Lipinski definition) is 3. The van der Waals surface area contributed by atoms with Gasteiger partial charge >= 0.3 is 6.61 Å². The molecule has 2 aromatic rings. The van der Waals surface area contributed by atoms with Crippen LogP contribution in [-0.4, -0.2) is 24.3 Å². The van der Waals surface area contributed by atoms with Crippen LogP contribution in [0.3, 0.4) is 0 Å². The fourth-order valence-corrected chi connectivity index (χ4v) is 3.84. The van der Waals surface area contributed by atoms with Gasteiger partial charge in [-0.3, -0.25) is 4.79 Å². The van der Waals surface area contributed by atoms with Gasteiger partial charge in [-0.1, -0.05) is 6.07 Å². The monoisotopic (exact) mass is 350 g/mol. The Labute approximate surface area is 142 Å². The molecule has 1 fully saturated rings. The quantitative estimate of drug-likeness (QED) is 0.926. The van der Waals surface area contributed by atoms with Crippen LogP contribution in [0.25, 0.3) is 11.1 Å². The van der Waals surface area contributed by atoms with Crippen LogP contribution in [0.2, 0.25) is 0 Å². The number of fused-ring (bicyclic) bond motifs is 4. The number of halogens is 3. The molecular weight excluding hydrogens is 333 g/mol. The first-order valence-corrected chi connectivity index (χ1v) is 8.21. The first-order valence-electron chi connectivity index (χ1n) is 8.21. The van der Waals surface area contributed by atoms with Crippen LogP contribution in [0.5, 0.6) is 5.75 Å². The average molecular weight is 350 g/mol. The van der Waals surface area contributed by atoms with Crippen LogP contribution in [-0.2, 0) is 6.54 Å². The maximum Gasteiger partial charge on any atom is 0.387 e. The van der Waals surface area contributed by atoms with E-state index >= 15 is 0 Å². The van der Waals surface area contributed by atoms with Gasteiger partial charge in [-0.05, 0) is 48.2 Å². The van der Waals surface area contributed by atoms with Crippen molar-refractivity contribution < 1.29 is 17.9 Å². The SMILES string of the molecule is O=c1cc(-c2ccc(F)c(OC(F)F)c2)cc2n1C[C@@H]1CNC[C@H]2C1. The van der Waals surface area contributed by atoms with E-state index in [0.717, 1.165) is 31.3 Å². The predicted octanol–water partition coefficient (Wildman–Crippen LogP) is 2.96. The zero-order chi connectivity index (χ0) is 17.6. The molecule has 2 atom stereocenters. The van der Waals surface area contributed by atoms with Crippen LogP contribution < -0.4 is 15.6 Å². The minimum absolute atomic E-state index is 0.121. The second kappa shape index (κ2) is 6.22. The molecule has 2 aliphatic heterocycles. The molecule has 132 valence electrons. The third-order valence-electron chi connectivity index (χ3n) is 4.94. The smallest absolute Gasteiger partial charge is 0.387 e. The van der Waals surface area contributed by atoms with Gasteiger partial charge in [-0.2, -0.15) is 8.78 Å². The van der Waals surface area contributed by atoms with Gasteiger partial charge in [0.15, 0.2) is 11.6 Å². The average Bonchev–Trinajstić information content (AvgIpc) is 2.57. The highest BCUT2D eigenvalue weighted by Crippen LogP contribution is 2.34. The van der Waals surface area contributed by atoms with Crippen LogP contribution in [0.4, 0.5) is 13.2 Å². The van der Waals surface area contributed by atoms with E-state index in [1.54, 1.807) is 4.57 Å². The zero-order valence-corrected chi connectivity index (χ0v) is 13.3. The molecule has 25 heavy (non-hydrogen) atoms. The molecule has 1 saturated heterocycles. The summed E-state index contributed by atoms with van der Waals surface area (Å²) in [6.07, 6.45) is 1.03. The van der Waals surface area contributed by atoms with E-state index in [1.807, 2.05) is 6.07 Å². The first-order chi connectivity index (χ1) is 12.0. The number of aromatic nitrogens is 1.